The Morgan fingerprint density at radius 1 is 1.50 bits per heavy atom. The van der Waals surface area contributed by atoms with Crippen molar-refractivity contribution >= 4 is 5.82 Å². The number of nitrogens with zero attached hydrogens (tertiary/aromatic N) is 1. The van der Waals surface area contributed by atoms with Crippen molar-refractivity contribution in [3.05, 3.63) is 36.0 Å². The lowest BCUT2D eigenvalue weighted by Gasteiger charge is -2.16. The lowest BCUT2D eigenvalue weighted by atomic mass is 10.0. The van der Waals surface area contributed by atoms with Gasteiger partial charge in [-0.05, 0) is 17.5 Å². The fourth-order valence-electron chi connectivity index (χ4n) is 1.46. The van der Waals surface area contributed by atoms with E-state index in [-0.39, 0.29) is 17.4 Å². The number of rotatable bonds is 4. The maximum atomic E-state index is 13.5. The van der Waals surface area contributed by atoms with Crippen LogP contribution in [0.4, 0.5) is 14.6 Å². The summed E-state index contributed by atoms with van der Waals surface area (Å²) in [5, 5.41) is 0. The third-order valence-electron chi connectivity index (χ3n) is 2.35. The Morgan fingerprint density at radius 2 is 2.12 bits per heavy atom. The second kappa shape index (κ2) is 4.60. The quantitative estimate of drug-likeness (QED) is 0.798. The molecule has 0 radical (unpaired) electrons. The first-order valence-electron chi connectivity index (χ1n) is 5.14. The summed E-state index contributed by atoms with van der Waals surface area (Å²) in [5.74, 6) is -2.64. The maximum Gasteiger partial charge on any atom is 0.293 e. The molecule has 1 aromatic heterocycles. The van der Waals surface area contributed by atoms with Crippen molar-refractivity contribution in [3.8, 4) is 0 Å². The van der Waals surface area contributed by atoms with Crippen LogP contribution in [0.1, 0.15) is 37.4 Å². The molecule has 0 amide bonds. The van der Waals surface area contributed by atoms with Crippen LogP contribution in [-0.4, -0.2) is 4.98 Å². The lowest BCUT2D eigenvalue weighted by molar-refractivity contribution is -0.00529. The molecule has 0 saturated carbocycles. The lowest BCUT2D eigenvalue weighted by Crippen LogP contribution is -2.16. The SMILES string of the molecule is C=CCC(F)(F)c1ccc(C(C)C)c(N)n1. The van der Waals surface area contributed by atoms with Crippen LogP contribution < -0.4 is 5.73 Å². The first-order valence-corrected chi connectivity index (χ1v) is 5.14. The van der Waals surface area contributed by atoms with Crippen LogP contribution in [0.15, 0.2) is 24.8 Å². The number of anilines is 1. The van der Waals surface area contributed by atoms with Crippen LogP contribution in [-0.2, 0) is 5.92 Å². The zero-order valence-electron chi connectivity index (χ0n) is 9.50. The van der Waals surface area contributed by atoms with Gasteiger partial charge in [0.15, 0.2) is 0 Å². The molecule has 0 aliphatic heterocycles. The van der Waals surface area contributed by atoms with Crippen molar-refractivity contribution in [2.75, 3.05) is 5.73 Å². The summed E-state index contributed by atoms with van der Waals surface area (Å²) in [7, 11) is 0. The van der Waals surface area contributed by atoms with Gasteiger partial charge in [0.05, 0.1) is 0 Å². The van der Waals surface area contributed by atoms with Crippen molar-refractivity contribution in [2.24, 2.45) is 0 Å². The standard InChI is InChI=1S/C12H16F2N2/c1-4-7-12(13,14)10-6-5-9(8(2)3)11(15)16-10/h4-6,8H,1,7H2,2-3H3,(H2,15,16). The minimum atomic E-state index is -2.99. The van der Waals surface area contributed by atoms with Crippen LogP contribution in [0, 0.1) is 0 Å². The molecule has 2 N–H and O–H groups in total. The number of alkyl halides is 2. The van der Waals surface area contributed by atoms with E-state index in [4.69, 9.17) is 5.73 Å². The van der Waals surface area contributed by atoms with Gasteiger partial charge in [-0.25, -0.2) is 4.98 Å². The van der Waals surface area contributed by atoms with E-state index in [0.29, 0.717) is 0 Å². The number of hydrogen-bond donors (Lipinski definition) is 1. The molecule has 2 nitrogen and oxygen atoms in total. The number of allylic oxidation sites excluding steroid dienone is 1. The molecule has 0 aliphatic carbocycles. The van der Waals surface area contributed by atoms with Gasteiger partial charge in [0.1, 0.15) is 11.5 Å². The summed E-state index contributed by atoms with van der Waals surface area (Å²) >= 11 is 0. The molecular formula is C12H16F2N2. The number of nitrogens with two attached hydrogens (primary N) is 1. The first kappa shape index (κ1) is 12.6. The fourth-order valence-corrected chi connectivity index (χ4v) is 1.46. The highest BCUT2D eigenvalue weighted by Crippen LogP contribution is 2.32. The van der Waals surface area contributed by atoms with E-state index in [0.717, 1.165) is 5.56 Å². The summed E-state index contributed by atoms with van der Waals surface area (Å²) in [5.41, 5.74) is 6.14. The normalized spacial score (nSPS) is 11.8. The Morgan fingerprint density at radius 3 is 2.56 bits per heavy atom. The molecule has 1 heterocycles. The van der Waals surface area contributed by atoms with Gasteiger partial charge in [0.25, 0.3) is 5.92 Å². The zero-order valence-corrected chi connectivity index (χ0v) is 9.50. The molecule has 1 rings (SSSR count). The summed E-state index contributed by atoms with van der Waals surface area (Å²) in [6.07, 6.45) is 0.745. The van der Waals surface area contributed by atoms with Gasteiger partial charge >= 0.3 is 0 Å². The van der Waals surface area contributed by atoms with Crippen molar-refractivity contribution in [3.63, 3.8) is 0 Å². The number of halogens is 2. The van der Waals surface area contributed by atoms with E-state index in [2.05, 4.69) is 11.6 Å². The average Bonchev–Trinajstić information content (AvgIpc) is 2.16. The Balaban J connectivity index is 3.10. The van der Waals surface area contributed by atoms with Gasteiger partial charge in [-0.15, -0.1) is 6.58 Å². The summed E-state index contributed by atoms with van der Waals surface area (Å²) < 4.78 is 27.0. The molecular weight excluding hydrogens is 210 g/mol. The molecule has 0 aliphatic rings. The number of aromatic nitrogens is 1. The average molecular weight is 226 g/mol. The van der Waals surface area contributed by atoms with Gasteiger partial charge in [-0.3, -0.25) is 0 Å². The van der Waals surface area contributed by atoms with Crippen LogP contribution in [0.3, 0.4) is 0 Å². The predicted molar refractivity (Wildman–Crippen MR) is 61.4 cm³/mol. The Labute approximate surface area is 94.2 Å². The van der Waals surface area contributed by atoms with Gasteiger partial charge < -0.3 is 5.73 Å². The Bertz CT molecular complexity index is 387. The number of hydrogen-bond acceptors (Lipinski definition) is 2. The van der Waals surface area contributed by atoms with Crippen molar-refractivity contribution in [1.82, 2.24) is 4.98 Å². The summed E-state index contributed by atoms with van der Waals surface area (Å²) in [6.45, 7) is 7.18. The van der Waals surface area contributed by atoms with E-state index in [1.54, 1.807) is 6.07 Å². The highest BCUT2D eigenvalue weighted by molar-refractivity contribution is 5.43. The molecule has 0 fully saturated rings. The molecule has 0 spiro atoms. The second-order valence-electron chi connectivity index (χ2n) is 4.02. The van der Waals surface area contributed by atoms with E-state index in [9.17, 15) is 8.78 Å². The minimum absolute atomic E-state index is 0.176. The summed E-state index contributed by atoms with van der Waals surface area (Å²) in [4.78, 5) is 3.76. The van der Waals surface area contributed by atoms with Gasteiger partial charge in [0.2, 0.25) is 0 Å². The van der Waals surface area contributed by atoms with Crippen molar-refractivity contribution in [1.29, 1.82) is 0 Å². The van der Waals surface area contributed by atoms with Gasteiger partial charge in [0, 0.05) is 6.42 Å². The molecule has 0 atom stereocenters. The molecule has 16 heavy (non-hydrogen) atoms. The maximum absolute atomic E-state index is 13.5. The summed E-state index contributed by atoms with van der Waals surface area (Å²) in [6, 6.07) is 2.94. The molecule has 0 aromatic carbocycles. The Kier molecular flexibility index (Phi) is 3.62. The molecule has 0 saturated heterocycles. The smallest absolute Gasteiger partial charge is 0.293 e. The number of pyridine rings is 1. The highest BCUT2D eigenvalue weighted by Gasteiger charge is 2.32. The van der Waals surface area contributed by atoms with Crippen LogP contribution >= 0.6 is 0 Å². The van der Waals surface area contributed by atoms with Crippen LogP contribution in [0.2, 0.25) is 0 Å². The third kappa shape index (κ3) is 2.56. The van der Waals surface area contributed by atoms with Crippen molar-refractivity contribution < 1.29 is 8.78 Å². The van der Waals surface area contributed by atoms with Gasteiger partial charge in [-0.2, -0.15) is 8.78 Å². The number of nitrogen functional groups attached to an aromatic ring is 1. The fraction of sp³-hybridized carbons (Fsp3) is 0.417. The van der Waals surface area contributed by atoms with Gasteiger partial charge in [-0.1, -0.05) is 26.0 Å². The monoisotopic (exact) mass is 226 g/mol. The molecule has 0 bridgehead atoms. The van der Waals surface area contributed by atoms with Crippen LogP contribution in [0.25, 0.3) is 0 Å². The van der Waals surface area contributed by atoms with Crippen LogP contribution in [0.5, 0.6) is 0 Å². The highest BCUT2D eigenvalue weighted by atomic mass is 19.3. The predicted octanol–water partition coefficient (Wildman–Crippen LogP) is 3.46. The first-order chi connectivity index (χ1) is 7.38. The minimum Gasteiger partial charge on any atom is -0.383 e. The second-order valence-corrected chi connectivity index (χ2v) is 4.02. The third-order valence-corrected chi connectivity index (χ3v) is 2.35. The molecule has 4 heteroatoms. The topological polar surface area (TPSA) is 38.9 Å². The van der Waals surface area contributed by atoms with E-state index >= 15 is 0 Å². The van der Waals surface area contributed by atoms with E-state index < -0.39 is 12.3 Å². The zero-order chi connectivity index (χ0) is 12.3. The van der Waals surface area contributed by atoms with Crippen molar-refractivity contribution in [2.45, 2.75) is 32.1 Å². The molecule has 1 aromatic rings. The largest absolute Gasteiger partial charge is 0.383 e. The Hall–Kier alpha value is -1.45. The molecule has 0 unspecified atom stereocenters. The van der Waals surface area contributed by atoms with E-state index in [1.807, 2.05) is 13.8 Å². The molecule has 88 valence electrons. The van der Waals surface area contributed by atoms with E-state index in [1.165, 1.54) is 12.1 Å².